The van der Waals surface area contributed by atoms with Gasteiger partial charge >= 0.3 is 12.1 Å². The zero-order valence-corrected chi connectivity index (χ0v) is 19.4. The predicted molar refractivity (Wildman–Crippen MR) is 115 cm³/mol. The number of benzene rings is 1. The van der Waals surface area contributed by atoms with Crippen LogP contribution in [0.4, 0.5) is 9.18 Å². The van der Waals surface area contributed by atoms with E-state index in [-0.39, 0.29) is 6.61 Å². The third-order valence-corrected chi connectivity index (χ3v) is 4.91. The largest absolute Gasteiger partial charge is 0.459 e. The fraction of sp³-hybridized carbons (Fsp3) is 0.609. The number of hydrogen-bond donors (Lipinski definition) is 2. The van der Waals surface area contributed by atoms with Gasteiger partial charge in [-0.15, -0.1) is 0 Å². The maximum Gasteiger partial charge on any atom is 0.408 e. The SMILES string of the molecule is CC(C)(C)OC(=O)N[C@H](C(=O)N1C[C@H](O)[C@H](F)[C@H]1C(=O)OCc1ccccc1)C(C)(C)C. The van der Waals surface area contributed by atoms with Crippen molar-refractivity contribution in [3.63, 3.8) is 0 Å². The van der Waals surface area contributed by atoms with Crippen molar-refractivity contribution in [2.24, 2.45) is 5.41 Å². The van der Waals surface area contributed by atoms with Crippen molar-refractivity contribution in [3.8, 4) is 0 Å². The van der Waals surface area contributed by atoms with Gasteiger partial charge in [-0.2, -0.15) is 0 Å². The highest BCUT2D eigenvalue weighted by Gasteiger charge is 2.51. The van der Waals surface area contributed by atoms with Gasteiger partial charge in [0.25, 0.3) is 0 Å². The van der Waals surface area contributed by atoms with Crippen LogP contribution in [0.1, 0.15) is 47.1 Å². The molecular formula is C23H33FN2O6. The van der Waals surface area contributed by atoms with E-state index < -0.39 is 59.9 Å². The molecule has 1 fully saturated rings. The third-order valence-electron chi connectivity index (χ3n) is 4.91. The van der Waals surface area contributed by atoms with Gasteiger partial charge in [0.1, 0.15) is 24.4 Å². The van der Waals surface area contributed by atoms with E-state index in [1.54, 1.807) is 71.9 Å². The van der Waals surface area contributed by atoms with Gasteiger partial charge in [0.15, 0.2) is 12.2 Å². The highest BCUT2D eigenvalue weighted by Crippen LogP contribution is 2.28. The Hall–Kier alpha value is -2.68. The number of likely N-dealkylation sites (tertiary alicyclic amines) is 1. The molecule has 0 unspecified atom stereocenters. The van der Waals surface area contributed by atoms with E-state index in [9.17, 15) is 23.9 Å². The molecular weight excluding hydrogens is 419 g/mol. The van der Waals surface area contributed by atoms with Crippen LogP contribution in [0.3, 0.4) is 0 Å². The molecule has 2 amide bonds. The van der Waals surface area contributed by atoms with Crippen molar-refractivity contribution in [2.45, 2.75) is 78.1 Å². The van der Waals surface area contributed by atoms with Crippen LogP contribution in [0.25, 0.3) is 0 Å². The van der Waals surface area contributed by atoms with E-state index in [1.807, 2.05) is 0 Å². The minimum Gasteiger partial charge on any atom is -0.459 e. The Labute approximate surface area is 188 Å². The lowest BCUT2D eigenvalue weighted by Gasteiger charge is -2.35. The van der Waals surface area contributed by atoms with Crippen LogP contribution in [0.5, 0.6) is 0 Å². The van der Waals surface area contributed by atoms with E-state index in [0.29, 0.717) is 5.56 Å². The summed E-state index contributed by atoms with van der Waals surface area (Å²) in [6.45, 7) is 9.71. The predicted octanol–water partition coefficient (Wildman–Crippen LogP) is 2.58. The maximum atomic E-state index is 14.8. The zero-order chi connectivity index (χ0) is 24.3. The minimum absolute atomic E-state index is 0.0973. The lowest BCUT2D eigenvalue weighted by Crippen LogP contribution is -2.58. The van der Waals surface area contributed by atoms with Crippen LogP contribution < -0.4 is 5.32 Å². The van der Waals surface area contributed by atoms with Crippen molar-refractivity contribution >= 4 is 18.0 Å². The number of halogens is 1. The van der Waals surface area contributed by atoms with Crippen LogP contribution >= 0.6 is 0 Å². The summed E-state index contributed by atoms with van der Waals surface area (Å²) in [4.78, 5) is 39.3. The second kappa shape index (κ2) is 9.85. The second-order valence-electron chi connectivity index (χ2n) is 9.99. The summed E-state index contributed by atoms with van der Waals surface area (Å²) in [7, 11) is 0. The first kappa shape index (κ1) is 25.6. The summed E-state index contributed by atoms with van der Waals surface area (Å²) in [5.74, 6) is -1.67. The number of nitrogens with one attached hydrogen (secondary N) is 1. The average Bonchev–Trinajstić information content (AvgIpc) is 2.97. The molecule has 1 aliphatic heterocycles. The molecule has 8 nitrogen and oxygen atoms in total. The topological polar surface area (TPSA) is 105 Å². The standard InChI is InChI=1S/C23H33FN2O6/c1-22(2,3)18(25-21(30)32-23(4,5)6)19(28)26-12-15(27)16(24)17(26)20(29)31-13-14-10-8-7-9-11-14/h7-11,15-18,27H,12-13H2,1-6H3,(H,25,30)/t15-,16-,17-,18+/m0/s1. The number of ether oxygens (including phenoxy) is 2. The van der Waals surface area contributed by atoms with Gasteiger partial charge in [0, 0.05) is 0 Å². The first-order valence-electron chi connectivity index (χ1n) is 10.5. The zero-order valence-electron chi connectivity index (χ0n) is 19.4. The molecule has 0 aromatic heterocycles. The Morgan fingerprint density at radius 3 is 2.28 bits per heavy atom. The lowest BCUT2D eigenvalue weighted by molar-refractivity contribution is -0.157. The molecule has 0 saturated carbocycles. The van der Waals surface area contributed by atoms with Crippen LogP contribution in [0.2, 0.25) is 0 Å². The van der Waals surface area contributed by atoms with Gasteiger partial charge in [-0.1, -0.05) is 51.1 Å². The molecule has 32 heavy (non-hydrogen) atoms. The van der Waals surface area contributed by atoms with Gasteiger partial charge in [-0.05, 0) is 31.7 Å². The normalized spacial score (nSPS) is 22.2. The summed E-state index contributed by atoms with van der Waals surface area (Å²) in [6.07, 6.45) is -4.37. The third kappa shape index (κ3) is 6.66. The van der Waals surface area contributed by atoms with Gasteiger partial charge in [0.2, 0.25) is 5.91 Å². The Morgan fingerprint density at radius 1 is 1.16 bits per heavy atom. The summed E-state index contributed by atoms with van der Waals surface area (Å²) < 4.78 is 25.2. The molecule has 1 aromatic carbocycles. The number of aliphatic hydroxyl groups excluding tert-OH is 1. The number of carbonyl (C=O) groups is 3. The number of alkyl carbamates (subject to hydrolysis) is 1. The lowest BCUT2D eigenvalue weighted by atomic mass is 9.85. The number of carbonyl (C=O) groups excluding carboxylic acids is 3. The van der Waals surface area contributed by atoms with Gasteiger partial charge in [-0.3, -0.25) is 4.79 Å². The van der Waals surface area contributed by atoms with Crippen molar-refractivity contribution < 1.29 is 33.4 Å². The molecule has 0 spiro atoms. The Balaban J connectivity index is 2.20. The van der Waals surface area contributed by atoms with Gasteiger partial charge < -0.3 is 24.8 Å². The number of rotatable bonds is 5. The van der Waals surface area contributed by atoms with Gasteiger partial charge in [0.05, 0.1) is 6.54 Å². The van der Waals surface area contributed by atoms with E-state index in [0.717, 1.165) is 4.90 Å². The number of β-amino-alcohol motifs (C(OH)–C–C–N with tert-alkyl or cyclic N) is 1. The number of esters is 1. The Kier molecular flexibility index (Phi) is 7.88. The summed E-state index contributed by atoms with van der Waals surface area (Å²) in [5, 5.41) is 12.6. The first-order chi connectivity index (χ1) is 14.7. The highest BCUT2D eigenvalue weighted by molar-refractivity contribution is 5.91. The molecule has 0 radical (unpaired) electrons. The second-order valence-corrected chi connectivity index (χ2v) is 9.99. The molecule has 1 saturated heterocycles. The first-order valence-corrected chi connectivity index (χ1v) is 10.5. The molecule has 4 atom stereocenters. The molecule has 2 rings (SSSR count). The van der Waals surface area contributed by atoms with Gasteiger partial charge in [-0.25, -0.2) is 14.0 Å². The summed E-state index contributed by atoms with van der Waals surface area (Å²) >= 11 is 0. The number of amides is 2. The molecule has 178 valence electrons. The van der Waals surface area contributed by atoms with E-state index >= 15 is 0 Å². The highest BCUT2D eigenvalue weighted by atomic mass is 19.1. The number of hydrogen-bond acceptors (Lipinski definition) is 6. The van der Waals surface area contributed by atoms with Crippen molar-refractivity contribution in [1.82, 2.24) is 10.2 Å². The van der Waals surface area contributed by atoms with Crippen molar-refractivity contribution in [3.05, 3.63) is 35.9 Å². The fourth-order valence-corrected chi connectivity index (χ4v) is 3.34. The Morgan fingerprint density at radius 2 is 1.75 bits per heavy atom. The maximum absolute atomic E-state index is 14.8. The van der Waals surface area contributed by atoms with E-state index in [4.69, 9.17) is 9.47 Å². The minimum atomic E-state index is -2.01. The number of alkyl halides is 1. The number of aliphatic hydroxyl groups is 1. The summed E-state index contributed by atoms with van der Waals surface area (Å²) in [6, 6.07) is 6.09. The Bertz CT molecular complexity index is 818. The monoisotopic (exact) mass is 452 g/mol. The molecule has 1 aromatic rings. The average molecular weight is 453 g/mol. The van der Waals surface area contributed by atoms with Crippen molar-refractivity contribution in [1.29, 1.82) is 0 Å². The summed E-state index contributed by atoms with van der Waals surface area (Å²) in [5.41, 5.74) is -0.870. The molecule has 1 heterocycles. The molecule has 0 bridgehead atoms. The molecule has 1 aliphatic rings. The van der Waals surface area contributed by atoms with Crippen LogP contribution in [-0.2, 0) is 25.7 Å². The van der Waals surface area contributed by atoms with Crippen molar-refractivity contribution in [2.75, 3.05) is 6.54 Å². The number of nitrogens with zero attached hydrogens (tertiary/aromatic N) is 1. The fourth-order valence-electron chi connectivity index (χ4n) is 3.34. The van der Waals surface area contributed by atoms with Crippen LogP contribution in [-0.4, -0.2) is 64.5 Å². The molecule has 9 heteroatoms. The quantitative estimate of drug-likeness (QED) is 0.666. The molecule has 2 N–H and O–H groups in total. The van der Waals surface area contributed by atoms with E-state index in [2.05, 4.69) is 5.32 Å². The smallest absolute Gasteiger partial charge is 0.408 e. The van der Waals surface area contributed by atoms with E-state index in [1.165, 1.54) is 0 Å². The van der Waals surface area contributed by atoms with Crippen LogP contribution in [0, 0.1) is 5.41 Å². The van der Waals surface area contributed by atoms with Crippen LogP contribution in [0.15, 0.2) is 30.3 Å². The molecule has 0 aliphatic carbocycles.